The Bertz CT molecular complexity index is 536. The van der Waals surface area contributed by atoms with E-state index in [1.165, 1.54) is 6.92 Å². The maximum Gasteiger partial charge on any atom is 0.333 e. The Morgan fingerprint density at radius 2 is 1.32 bits per heavy atom. The zero-order chi connectivity index (χ0) is 19.4. The number of hydrogen-bond acceptors (Lipinski definition) is 8. The molecule has 0 saturated carbocycles. The summed E-state index contributed by atoms with van der Waals surface area (Å²) in [7, 11) is 0. The highest BCUT2D eigenvalue weighted by Crippen LogP contribution is 2.04. The lowest BCUT2D eigenvalue weighted by molar-refractivity contribution is -0.166. The van der Waals surface area contributed by atoms with Crippen LogP contribution in [0.15, 0.2) is 12.2 Å². The Morgan fingerprint density at radius 1 is 0.840 bits per heavy atom. The Labute approximate surface area is 143 Å². The Kier molecular flexibility index (Phi) is 10.2. The molecule has 0 fully saturated rings. The van der Waals surface area contributed by atoms with Crippen molar-refractivity contribution in [3.05, 3.63) is 12.2 Å². The first-order chi connectivity index (χ1) is 11.6. The molecule has 0 saturated heterocycles. The summed E-state index contributed by atoms with van der Waals surface area (Å²) in [4.78, 5) is 55.0. The van der Waals surface area contributed by atoms with Gasteiger partial charge in [-0.3, -0.25) is 19.2 Å². The van der Waals surface area contributed by atoms with Gasteiger partial charge in [-0.25, -0.2) is 4.79 Å². The van der Waals surface area contributed by atoms with Gasteiger partial charge in [0.05, 0.1) is 25.7 Å². The number of carbonyl (C=O) groups excluding carboxylic acids is 3. The Hall–Kier alpha value is -2.91. The van der Waals surface area contributed by atoms with Crippen LogP contribution >= 0.6 is 0 Å². The number of ether oxygens (including phenoxy) is 3. The highest BCUT2D eigenvalue weighted by molar-refractivity contribution is 5.87. The van der Waals surface area contributed by atoms with Gasteiger partial charge in [-0.05, 0) is 6.92 Å². The van der Waals surface area contributed by atoms with Crippen LogP contribution < -0.4 is 0 Å². The normalized spacial score (nSPS) is 11.1. The summed E-state index contributed by atoms with van der Waals surface area (Å²) < 4.78 is 14.5. The molecule has 0 aliphatic heterocycles. The van der Waals surface area contributed by atoms with Crippen LogP contribution in [0.2, 0.25) is 0 Å². The molecule has 0 aromatic rings. The Morgan fingerprint density at radius 3 is 1.80 bits per heavy atom. The summed E-state index contributed by atoms with van der Waals surface area (Å²) in [5.74, 6) is -4.82. The van der Waals surface area contributed by atoms with Gasteiger partial charge in [0.25, 0.3) is 0 Å². The highest BCUT2D eigenvalue weighted by atomic mass is 16.6. The maximum atomic E-state index is 11.5. The first-order valence-electron chi connectivity index (χ1n) is 7.23. The molecule has 0 rings (SSSR count). The van der Waals surface area contributed by atoms with E-state index in [1.807, 2.05) is 0 Å². The lowest BCUT2D eigenvalue weighted by atomic mass is 10.3. The summed E-state index contributed by atoms with van der Waals surface area (Å²) >= 11 is 0. The molecular formula is C15H20O10. The number of hydrogen-bond donors (Lipinski definition) is 2. The Balaban J connectivity index is 4.54. The second-order valence-corrected chi connectivity index (χ2v) is 4.96. The molecule has 140 valence electrons. The molecule has 10 nitrogen and oxygen atoms in total. The average molecular weight is 360 g/mol. The van der Waals surface area contributed by atoms with E-state index in [-0.39, 0.29) is 12.0 Å². The van der Waals surface area contributed by atoms with E-state index in [0.29, 0.717) is 0 Å². The predicted octanol–water partition coefficient (Wildman–Crippen LogP) is 0.290. The van der Waals surface area contributed by atoms with Gasteiger partial charge in [0.2, 0.25) is 0 Å². The second kappa shape index (κ2) is 11.6. The van der Waals surface area contributed by atoms with E-state index in [9.17, 15) is 24.0 Å². The molecule has 25 heavy (non-hydrogen) atoms. The van der Waals surface area contributed by atoms with Gasteiger partial charge in [-0.1, -0.05) is 6.58 Å². The van der Waals surface area contributed by atoms with Crippen LogP contribution in [0, 0.1) is 0 Å². The highest BCUT2D eigenvalue weighted by Gasteiger charge is 2.20. The minimum atomic E-state index is -1.19. The monoisotopic (exact) mass is 360 g/mol. The summed E-state index contributed by atoms with van der Waals surface area (Å²) in [6.07, 6.45) is -2.81. The van der Waals surface area contributed by atoms with Crippen molar-refractivity contribution in [2.45, 2.75) is 38.7 Å². The van der Waals surface area contributed by atoms with Crippen molar-refractivity contribution >= 4 is 29.8 Å². The first-order valence-corrected chi connectivity index (χ1v) is 7.23. The van der Waals surface area contributed by atoms with E-state index in [4.69, 9.17) is 24.4 Å². The van der Waals surface area contributed by atoms with E-state index >= 15 is 0 Å². The van der Waals surface area contributed by atoms with Crippen molar-refractivity contribution in [2.75, 3.05) is 13.2 Å². The molecule has 0 heterocycles. The van der Waals surface area contributed by atoms with Gasteiger partial charge in [0.15, 0.2) is 6.10 Å². The van der Waals surface area contributed by atoms with E-state index in [0.717, 1.165) is 0 Å². The average Bonchev–Trinajstić information content (AvgIpc) is 2.52. The van der Waals surface area contributed by atoms with Crippen LogP contribution in [0.1, 0.15) is 32.6 Å². The van der Waals surface area contributed by atoms with Crippen molar-refractivity contribution in [1.82, 2.24) is 0 Å². The fourth-order valence-corrected chi connectivity index (χ4v) is 1.33. The molecule has 0 aromatic heterocycles. The molecule has 0 aliphatic rings. The molecule has 10 heteroatoms. The van der Waals surface area contributed by atoms with Gasteiger partial charge >= 0.3 is 29.8 Å². The number of carbonyl (C=O) groups is 5. The smallest absolute Gasteiger partial charge is 0.333 e. The third-order valence-electron chi connectivity index (χ3n) is 2.56. The third-order valence-corrected chi connectivity index (χ3v) is 2.56. The van der Waals surface area contributed by atoms with E-state index < -0.39 is 68.4 Å². The van der Waals surface area contributed by atoms with Crippen LogP contribution in [0.4, 0.5) is 0 Å². The molecule has 2 N–H and O–H groups in total. The molecule has 1 atom stereocenters. The number of carboxylic acid groups (broad SMARTS) is 2. The fraction of sp³-hybridized carbons (Fsp3) is 0.533. The lowest BCUT2D eigenvalue weighted by Crippen LogP contribution is -2.31. The van der Waals surface area contributed by atoms with Gasteiger partial charge in [0.1, 0.15) is 13.2 Å². The molecule has 0 aromatic carbocycles. The maximum absolute atomic E-state index is 11.5. The summed E-state index contributed by atoms with van der Waals surface area (Å²) in [5, 5.41) is 17.0. The topological polar surface area (TPSA) is 154 Å². The minimum absolute atomic E-state index is 0.106. The molecule has 0 spiro atoms. The van der Waals surface area contributed by atoms with Crippen molar-refractivity contribution in [2.24, 2.45) is 0 Å². The second-order valence-electron chi connectivity index (χ2n) is 4.96. The predicted molar refractivity (Wildman–Crippen MR) is 80.4 cm³/mol. The number of carboxylic acids is 2. The standard InChI is InChI=1S/C15H20O10/c1-9(2)15(22)24-8-10(25-14(21)6-4-12(18)19)7-23-13(20)5-3-11(16)17/h10H,1,3-8H2,2H3,(H,16,17)(H,18,19). The van der Waals surface area contributed by atoms with Gasteiger partial charge in [-0.2, -0.15) is 0 Å². The quantitative estimate of drug-likeness (QED) is 0.282. The molecule has 0 bridgehead atoms. The van der Waals surface area contributed by atoms with Crippen molar-refractivity contribution in [3.8, 4) is 0 Å². The van der Waals surface area contributed by atoms with Gasteiger partial charge < -0.3 is 24.4 Å². The number of esters is 3. The van der Waals surface area contributed by atoms with Crippen LogP contribution in [0.5, 0.6) is 0 Å². The van der Waals surface area contributed by atoms with Gasteiger partial charge in [0, 0.05) is 5.57 Å². The zero-order valence-electron chi connectivity index (χ0n) is 13.7. The lowest BCUT2D eigenvalue weighted by Gasteiger charge is -2.18. The molecular weight excluding hydrogens is 340 g/mol. The first kappa shape index (κ1) is 22.1. The van der Waals surface area contributed by atoms with E-state index in [1.54, 1.807) is 0 Å². The SMILES string of the molecule is C=C(C)C(=O)OCC(COC(=O)CCC(=O)O)OC(=O)CCC(=O)O. The van der Waals surface area contributed by atoms with Crippen molar-refractivity contribution < 1.29 is 48.4 Å². The summed E-state index contributed by atoms with van der Waals surface area (Å²) in [5.41, 5.74) is 0.106. The summed E-state index contributed by atoms with van der Waals surface area (Å²) in [6.45, 7) is 3.87. The molecule has 1 unspecified atom stereocenters. The molecule has 0 radical (unpaired) electrons. The zero-order valence-corrected chi connectivity index (χ0v) is 13.7. The largest absolute Gasteiger partial charge is 0.481 e. The molecule has 0 amide bonds. The van der Waals surface area contributed by atoms with Crippen molar-refractivity contribution in [3.63, 3.8) is 0 Å². The van der Waals surface area contributed by atoms with Crippen LogP contribution in [0.25, 0.3) is 0 Å². The third kappa shape index (κ3) is 12.2. The fourth-order valence-electron chi connectivity index (χ4n) is 1.33. The number of aliphatic carboxylic acids is 2. The number of rotatable bonds is 12. The molecule has 0 aliphatic carbocycles. The van der Waals surface area contributed by atoms with E-state index in [2.05, 4.69) is 6.58 Å². The van der Waals surface area contributed by atoms with Crippen LogP contribution in [-0.2, 0) is 38.2 Å². The van der Waals surface area contributed by atoms with Crippen LogP contribution in [0.3, 0.4) is 0 Å². The minimum Gasteiger partial charge on any atom is -0.481 e. The van der Waals surface area contributed by atoms with Gasteiger partial charge in [-0.15, -0.1) is 0 Å². The van der Waals surface area contributed by atoms with Crippen molar-refractivity contribution in [1.29, 1.82) is 0 Å². The van der Waals surface area contributed by atoms with Crippen LogP contribution in [-0.4, -0.2) is 59.4 Å². The summed E-state index contributed by atoms with van der Waals surface area (Å²) in [6, 6.07) is 0.